The van der Waals surface area contributed by atoms with Crippen LogP contribution in [0.25, 0.3) is 11.3 Å². The second kappa shape index (κ2) is 3.35. The highest BCUT2D eigenvalue weighted by molar-refractivity contribution is 6.33. The van der Waals surface area contributed by atoms with Crippen molar-refractivity contribution in [1.82, 2.24) is 9.97 Å². The fourth-order valence-electron chi connectivity index (χ4n) is 1.44. The van der Waals surface area contributed by atoms with Crippen LogP contribution in [0.5, 0.6) is 0 Å². The summed E-state index contributed by atoms with van der Waals surface area (Å²) in [6, 6.07) is 5.76. The molecule has 3 N–H and O–H groups in total. The molecule has 0 aliphatic heterocycles. The molecular formula is C10H10ClN3. The van der Waals surface area contributed by atoms with Gasteiger partial charge in [-0.15, -0.1) is 0 Å². The van der Waals surface area contributed by atoms with Crippen molar-refractivity contribution in [2.75, 3.05) is 5.73 Å². The summed E-state index contributed by atoms with van der Waals surface area (Å²) in [5, 5.41) is 0.702. The monoisotopic (exact) mass is 207 g/mol. The maximum absolute atomic E-state index is 6.08. The van der Waals surface area contributed by atoms with E-state index in [4.69, 9.17) is 17.3 Å². The van der Waals surface area contributed by atoms with Crippen molar-refractivity contribution in [3.05, 3.63) is 35.0 Å². The summed E-state index contributed by atoms with van der Waals surface area (Å²) in [4.78, 5) is 6.90. The number of rotatable bonds is 1. The van der Waals surface area contributed by atoms with Crippen molar-refractivity contribution in [2.45, 2.75) is 6.92 Å². The van der Waals surface area contributed by atoms with Crippen molar-refractivity contribution in [3.63, 3.8) is 0 Å². The van der Waals surface area contributed by atoms with Gasteiger partial charge in [0.15, 0.2) is 5.95 Å². The number of aromatic amines is 1. The van der Waals surface area contributed by atoms with Crippen molar-refractivity contribution < 1.29 is 0 Å². The van der Waals surface area contributed by atoms with Gasteiger partial charge in [0, 0.05) is 5.56 Å². The molecule has 0 spiro atoms. The molecule has 0 bridgehead atoms. The molecule has 0 fully saturated rings. The molecule has 0 saturated heterocycles. The molecule has 0 atom stereocenters. The number of hydrogen-bond donors (Lipinski definition) is 2. The molecule has 0 radical (unpaired) electrons. The van der Waals surface area contributed by atoms with Crippen LogP contribution in [0.15, 0.2) is 24.4 Å². The van der Waals surface area contributed by atoms with Crippen molar-refractivity contribution in [2.24, 2.45) is 0 Å². The Hall–Kier alpha value is -1.48. The quantitative estimate of drug-likeness (QED) is 0.755. The SMILES string of the molecule is Cc1cccc(Cl)c1-c1cnc(N)[nH]1. The normalized spacial score (nSPS) is 10.4. The molecule has 1 aromatic heterocycles. The van der Waals surface area contributed by atoms with Crippen LogP contribution < -0.4 is 5.73 Å². The summed E-state index contributed by atoms with van der Waals surface area (Å²) in [5.74, 6) is 0.402. The minimum absolute atomic E-state index is 0.402. The van der Waals surface area contributed by atoms with Crippen LogP contribution in [-0.2, 0) is 0 Å². The van der Waals surface area contributed by atoms with Crippen molar-refractivity contribution in [1.29, 1.82) is 0 Å². The van der Waals surface area contributed by atoms with E-state index in [0.29, 0.717) is 11.0 Å². The van der Waals surface area contributed by atoms with E-state index in [1.807, 2.05) is 25.1 Å². The summed E-state index contributed by atoms with van der Waals surface area (Å²) < 4.78 is 0. The first-order chi connectivity index (χ1) is 6.68. The van der Waals surface area contributed by atoms with Crippen LogP contribution in [0.2, 0.25) is 5.02 Å². The number of imidazole rings is 1. The fraction of sp³-hybridized carbons (Fsp3) is 0.100. The molecule has 1 heterocycles. The highest BCUT2D eigenvalue weighted by atomic mass is 35.5. The fourth-order valence-corrected chi connectivity index (χ4v) is 1.76. The maximum Gasteiger partial charge on any atom is 0.197 e. The minimum atomic E-state index is 0.402. The van der Waals surface area contributed by atoms with E-state index in [9.17, 15) is 0 Å². The van der Waals surface area contributed by atoms with Gasteiger partial charge < -0.3 is 10.7 Å². The van der Waals surface area contributed by atoms with Gasteiger partial charge in [0.2, 0.25) is 0 Å². The van der Waals surface area contributed by atoms with Crippen LogP contribution in [0, 0.1) is 6.92 Å². The summed E-state index contributed by atoms with van der Waals surface area (Å²) in [6.07, 6.45) is 1.68. The molecule has 72 valence electrons. The molecule has 2 rings (SSSR count). The van der Waals surface area contributed by atoms with E-state index in [2.05, 4.69) is 9.97 Å². The molecule has 0 unspecified atom stereocenters. The van der Waals surface area contributed by atoms with Gasteiger partial charge in [0.1, 0.15) is 0 Å². The van der Waals surface area contributed by atoms with E-state index in [-0.39, 0.29) is 0 Å². The standard InChI is InChI=1S/C10H10ClN3/c1-6-3-2-4-7(11)9(6)8-5-13-10(12)14-8/h2-5H,1H3,(H3,12,13,14). The zero-order valence-corrected chi connectivity index (χ0v) is 8.47. The highest BCUT2D eigenvalue weighted by Gasteiger charge is 2.08. The van der Waals surface area contributed by atoms with Crippen LogP contribution >= 0.6 is 11.6 Å². The predicted molar refractivity (Wildman–Crippen MR) is 58.2 cm³/mol. The molecule has 2 aromatic rings. The molecule has 4 heteroatoms. The molecule has 0 amide bonds. The van der Waals surface area contributed by atoms with Crippen LogP contribution in [0.4, 0.5) is 5.95 Å². The maximum atomic E-state index is 6.08. The lowest BCUT2D eigenvalue weighted by atomic mass is 10.1. The van der Waals surface area contributed by atoms with E-state index in [0.717, 1.165) is 16.8 Å². The summed E-state index contributed by atoms with van der Waals surface area (Å²) in [5.41, 5.74) is 8.41. The number of nitrogens with two attached hydrogens (primary N) is 1. The third kappa shape index (κ3) is 1.46. The average molecular weight is 208 g/mol. The van der Waals surface area contributed by atoms with Crippen molar-refractivity contribution >= 4 is 17.5 Å². The lowest BCUT2D eigenvalue weighted by Gasteiger charge is -2.04. The number of nitrogen functional groups attached to an aromatic ring is 1. The van der Waals surface area contributed by atoms with Gasteiger partial charge in [-0.25, -0.2) is 4.98 Å². The van der Waals surface area contributed by atoms with Gasteiger partial charge >= 0.3 is 0 Å². The number of benzene rings is 1. The van der Waals surface area contributed by atoms with Gasteiger partial charge in [-0.1, -0.05) is 23.7 Å². The third-order valence-corrected chi connectivity index (χ3v) is 2.40. The minimum Gasteiger partial charge on any atom is -0.369 e. The number of H-pyrrole nitrogens is 1. The Morgan fingerprint density at radius 2 is 2.21 bits per heavy atom. The third-order valence-electron chi connectivity index (χ3n) is 2.09. The van der Waals surface area contributed by atoms with Gasteiger partial charge in [-0.3, -0.25) is 0 Å². The Bertz CT molecular complexity index is 442. The first kappa shape index (κ1) is 9.09. The number of aromatic nitrogens is 2. The zero-order valence-electron chi connectivity index (χ0n) is 7.71. The van der Waals surface area contributed by atoms with E-state index in [1.165, 1.54) is 0 Å². The smallest absolute Gasteiger partial charge is 0.197 e. The Morgan fingerprint density at radius 1 is 1.43 bits per heavy atom. The topological polar surface area (TPSA) is 54.7 Å². The Labute approximate surface area is 86.9 Å². The Kier molecular flexibility index (Phi) is 2.17. The number of nitrogens with zero attached hydrogens (tertiary/aromatic N) is 1. The van der Waals surface area contributed by atoms with E-state index >= 15 is 0 Å². The number of hydrogen-bond acceptors (Lipinski definition) is 2. The van der Waals surface area contributed by atoms with E-state index < -0.39 is 0 Å². The van der Waals surface area contributed by atoms with Crippen LogP contribution in [0.3, 0.4) is 0 Å². The molecule has 0 aliphatic rings. The largest absolute Gasteiger partial charge is 0.369 e. The number of nitrogens with one attached hydrogen (secondary N) is 1. The first-order valence-corrected chi connectivity index (χ1v) is 4.62. The van der Waals surface area contributed by atoms with Crippen molar-refractivity contribution in [3.8, 4) is 11.3 Å². The Morgan fingerprint density at radius 3 is 2.79 bits per heavy atom. The average Bonchev–Trinajstić information content (AvgIpc) is 2.51. The first-order valence-electron chi connectivity index (χ1n) is 4.24. The van der Waals surface area contributed by atoms with Gasteiger partial charge in [-0.2, -0.15) is 0 Å². The molecule has 0 saturated carbocycles. The van der Waals surface area contributed by atoms with Gasteiger partial charge in [0.25, 0.3) is 0 Å². The summed E-state index contributed by atoms with van der Waals surface area (Å²) in [7, 11) is 0. The molecular weight excluding hydrogens is 198 g/mol. The van der Waals surface area contributed by atoms with E-state index in [1.54, 1.807) is 6.20 Å². The summed E-state index contributed by atoms with van der Waals surface area (Å²) in [6.45, 7) is 2.00. The predicted octanol–water partition coefficient (Wildman–Crippen LogP) is 2.62. The molecule has 1 aromatic carbocycles. The number of halogens is 1. The lowest BCUT2D eigenvalue weighted by Crippen LogP contribution is -1.87. The molecule has 0 aliphatic carbocycles. The molecule has 3 nitrogen and oxygen atoms in total. The van der Waals surface area contributed by atoms with Crippen LogP contribution in [0.1, 0.15) is 5.56 Å². The Balaban J connectivity index is 2.61. The second-order valence-electron chi connectivity index (χ2n) is 3.11. The number of aryl methyl sites for hydroxylation is 1. The zero-order chi connectivity index (χ0) is 10.1. The van der Waals surface area contributed by atoms with Gasteiger partial charge in [0.05, 0.1) is 16.9 Å². The summed E-state index contributed by atoms with van der Waals surface area (Å²) >= 11 is 6.08. The lowest BCUT2D eigenvalue weighted by molar-refractivity contribution is 1.32. The van der Waals surface area contributed by atoms with Gasteiger partial charge in [-0.05, 0) is 18.6 Å². The molecule has 14 heavy (non-hydrogen) atoms. The number of anilines is 1. The van der Waals surface area contributed by atoms with Crippen LogP contribution in [-0.4, -0.2) is 9.97 Å². The second-order valence-corrected chi connectivity index (χ2v) is 3.52. The highest BCUT2D eigenvalue weighted by Crippen LogP contribution is 2.29.